The van der Waals surface area contributed by atoms with Crippen LogP contribution in [0.5, 0.6) is 0 Å². The van der Waals surface area contributed by atoms with Crippen molar-refractivity contribution < 1.29 is 4.79 Å². The summed E-state index contributed by atoms with van der Waals surface area (Å²) in [4.78, 5) is 17.8. The number of carbonyl (C=O) groups is 1. The summed E-state index contributed by atoms with van der Waals surface area (Å²) in [5, 5.41) is 11.3. The predicted octanol–water partition coefficient (Wildman–Crippen LogP) is 4.77. The number of benzene rings is 1. The summed E-state index contributed by atoms with van der Waals surface area (Å²) in [6.45, 7) is 4.58. The maximum absolute atomic E-state index is 13.1. The van der Waals surface area contributed by atoms with Crippen molar-refractivity contribution in [2.45, 2.75) is 51.4 Å². The van der Waals surface area contributed by atoms with E-state index in [9.17, 15) is 4.79 Å². The molecule has 1 aliphatic rings. The van der Waals surface area contributed by atoms with E-state index in [1.165, 1.54) is 0 Å². The van der Waals surface area contributed by atoms with Crippen LogP contribution in [0.3, 0.4) is 0 Å². The second kappa shape index (κ2) is 8.28. The van der Waals surface area contributed by atoms with Crippen LogP contribution in [0.25, 0.3) is 5.13 Å². The van der Waals surface area contributed by atoms with E-state index in [4.69, 9.17) is 11.6 Å². The fraction of sp³-hybridized carbons (Fsp3) is 0.409. The highest BCUT2D eigenvalue weighted by atomic mass is 35.5. The topological polar surface area (TPSA) is 59.8 Å². The molecule has 5 nitrogen and oxygen atoms in total. The molecule has 1 saturated carbocycles. The molecule has 4 rings (SSSR count). The van der Waals surface area contributed by atoms with E-state index in [-0.39, 0.29) is 5.91 Å². The van der Waals surface area contributed by atoms with E-state index < -0.39 is 5.41 Å². The van der Waals surface area contributed by atoms with Crippen molar-refractivity contribution in [3.05, 3.63) is 63.4 Å². The summed E-state index contributed by atoms with van der Waals surface area (Å²) < 4.78 is 1.87. The predicted molar refractivity (Wildman–Crippen MR) is 117 cm³/mol. The van der Waals surface area contributed by atoms with Crippen molar-refractivity contribution in [3.63, 3.8) is 0 Å². The Hall–Kier alpha value is -2.18. The van der Waals surface area contributed by atoms with Crippen LogP contribution in [0.1, 0.15) is 48.3 Å². The van der Waals surface area contributed by atoms with Gasteiger partial charge in [0.1, 0.15) is 0 Å². The van der Waals surface area contributed by atoms with Gasteiger partial charge < -0.3 is 5.32 Å². The van der Waals surface area contributed by atoms with Crippen LogP contribution in [0.15, 0.2) is 35.7 Å². The molecule has 2 aromatic heterocycles. The van der Waals surface area contributed by atoms with Gasteiger partial charge in [-0.25, -0.2) is 9.67 Å². The zero-order chi connectivity index (χ0) is 20.4. The monoisotopic (exact) mass is 428 g/mol. The molecule has 1 aliphatic carbocycles. The van der Waals surface area contributed by atoms with Gasteiger partial charge in [0, 0.05) is 29.1 Å². The Morgan fingerprint density at radius 3 is 2.62 bits per heavy atom. The molecule has 1 N–H and O–H groups in total. The maximum atomic E-state index is 13.1. The molecule has 1 fully saturated rings. The van der Waals surface area contributed by atoms with Crippen LogP contribution >= 0.6 is 22.9 Å². The molecule has 2 heterocycles. The third-order valence-electron chi connectivity index (χ3n) is 5.69. The lowest BCUT2D eigenvalue weighted by molar-refractivity contribution is -0.126. The fourth-order valence-electron chi connectivity index (χ4n) is 4.20. The number of nitrogens with one attached hydrogen (secondary N) is 1. The van der Waals surface area contributed by atoms with Crippen LogP contribution in [0.4, 0.5) is 0 Å². The van der Waals surface area contributed by atoms with Gasteiger partial charge in [-0.3, -0.25) is 4.79 Å². The number of carbonyl (C=O) groups excluding carboxylic acids is 1. The summed E-state index contributed by atoms with van der Waals surface area (Å²) in [5.41, 5.74) is 3.67. The minimum atomic E-state index is -0.429. The first-order valence-electron chi connectivity index (χ1n) is 10.0. The number of rotatable bonds is 6. The van der Waals surface area contributed by atoms with Gasteiger partial charge in [-0.2, -0.15) is 5.10 Å². The number of halogens is 1. The van der Waals surface area contributed by atoms with Gasteiger partial charge in [-0.1, -0.05) is 36.6 Å². The Bertz CT molecular complexity index is 1000. The summed E-state index contributed by atoms with van der Waals surface area (Å²) in [6, 6.07) is 9.78. The van der Waals surface area contributed by atoms with E-state index in [1.807, 2.05) is 54.2 Å². The average molecular weight is 429 g/mol. The average Bonchev–Trinajstić information content (AvgIpc) is 3.43. The molecular weight excluding hydrogens is 404 g/mol. The number of aromatic nitrogens is 3. The summed E-state index contributed by atoms with van der Waals surface area (Å²) in [5.74, 6) is 0.117. The van der Waals surface area contributed by atoms with Gasteiger partial charge >= 0.3 is 0 Å². The Kier molecular flexibility index (Phi) is 5.74. The molecule has 7 heteroatoms. The zero-order valence-corrected chi connectivity index (χ0v) is 18.3. The van der Waals surface area contributed by atoms with Gasteiger partial charge in [0.25, 0.3) is 0 Å². The molecule has 0 radical (unpaired) electrons. The molecule has 1 amide bonds. The lowest BCUT2D eigenvalue weighted by atomic mass is 9.78. The third kappa shape index (κ3) is 4.09. The number of hydrogen-bond donors (Lipinski definition) is 1. The largest absolute Gasteiger partial charge is 0.355 e. The Morgan fingerprint density at radius 2 is 1.97 bits per heavy atom. The van der Waals surface area contributed by atoms with Crippen LogP contribution < -0.4 is 5.32 Å². The summed E-state index contributed by atoms with van der Waals surface area (Å²) in [7, 11) is 0. The van der Waals surface area contributed by atoms with Crippen LogP contribution in [-0.4, -0.2) is 27.2 Å². The van der Waals surface area contributed by atoms with Crippen molar-refractivity contribution in [2.24, 2.45) is 0 Å². The molecule has 0 atom stereocenters. The highest BCUT2D eigenvalue weighted by molar-refractivity contribution is 7.12. The van der Waals surface area contributed by atoms with Crippen molar-refractivity contribution in [3.8, 4) is 5.13 Å². The lowest BCUT2D eigenvalue weighted by Gasteiger charge is -2.28. The second-order valence-corrected chi connectivity index (χ2v) is 9.04. The van der Waals surface area contributed by atoms with E-state index in [1.54, 1.807) is 11.3 Å². The smallest absolute Gasteiger partial charge is 0.230 e. The van der Waals surface area contributed by atoms with Crippen LogP contribution in [-0.2, 0) is 16.6 Å². The number of nitrogens with zero attached hydrogens (tertiary/aromatic N) is 3. The molecule has 0 spiro atoms. The van der Waals surface area contributed by atoms with Gasteiger partial charge in [0.05, 0.1) is 16.8 Å². The SMILES string of the molecule is Cc1cc(C)n(-c2nc(CCNC(=O)C3(c4ccc(Cl)cc4)CCCC3)cs2)n1. The molecule has 152 valence electrons. The third-order valence-corrected chi connectivity index (χ3v) is 6.80. The highest BCUT2D eigenvalue weighted by Gasteiger charge is 2.42. The Balaban J connectivity index is 1.40. The van der Waals surface area contributed by atoms with E-state index in [0.29, 0.717) is 18.0 Å². The normalized spacial score (nSPS) is 15.6. The Labute approximate surface area is 180 Å². The molecule has 29 heavy (non-hydrogen) atoms. The Morgan fingerprint density at radius 1 is 1.24 bits per heavy atom. The number of aryl methyl sites for hydroxylation is 2. The number of amides is 1. The molecule has 0 aliphatic heterocycles. The quantitative estimate of drug-likeness (QED) is 0.615. The zero-order valence-electron chi connectivity index (χ0n) is 16.7. The van der Waals surface area contributed by atoms with Crippen LogP contribution in [0, 0.1) is 13.8 Å². The van der Waals surface area contributed by atoms with E-state index in [0.717, 1.165) is 53.5 Å². The van der Waals surface area contributed by atoms with Crippen molar-refractivity contribution in [2.75, 3.05) is 6.54 Å². The molecule has 3 aromatic rings. The molecule has 1 aromatic carbocycles. The van der Waals surface area contributed by atoms with E-state index >= 15 is 0 Å². The van der Waals surface area contributed by atoms with Gasteiger partial charge in [-0.15, -0.1) is 11.3 Å². The molecule has 0 unspecified atom stereocenters. The van der Waals surface area contributed by atoms with Crippen LogP contribution in [0.2, 0.25) is 5.02 Å². The van der Waals surface area contributed by atoms with Crippen molar-refractivity contribution >= 4 is 28.8 Å². The first-order chi connectivity index (χ1) is 14.0. The fourth-order valence-corrected chi connectivity index (χ4v) is 5.19. The van der Waals surface area contributed by atoms with Gasteiger partial charge in [-0.05, 0) is 50.5 Å². The van der Waals surface area contributed by atoms with E-state index in [2.05, 4.69) is 15.4 Å². The minimum absolute atomic E-state index is 0.117. The second-order valence-electron chi connectivity index (χ2n) is 7.76. The highest BCUT2D eigenvalue weighted by Crippen LogP contribution is 2.41. The maximum Gasteiger partial charge on any atom is 0.230 e. The standard InChI is InChI=1S/C22H25ClN4OS/c1-15-13-16(2)27(26-15)21-25-19(14-29-21)9-12-24-20(28)22(10-3-4-11-22)17-5-7-18(23)8-6-17/h5-8,13-14H,3-4,9-12H2,1-2H3,(H,24,28). The first kappa shape index (κ1) is 20.1. The van der Waals surface area contributed by atoms with Gasteiger partial charge in [0.2, 0.25) is 11.0 Å². The summed E-state index contributed by atoms with van der Waals surface area (Å²) in [6.07, 6.45) is 4.64. The van der Waals surface area contributed by atoms with Gasteiger partial charge in [0.15, 0.2) is 0 Å². The molecule has 0 bridgehead atoms. The number of hydrogen-bond acceptors (Lipinski definition) is 4. The van der Waals surface area contributed by atoms with Crippen molar-refractivity contribution in [1.29, 1.82) is 0 Å². The number of thiazole rings is 1. The lowest BCUT2D eigenvalue weighted by Crippen LogP contribution is -2.43. The molecule has 0 saturated heterocycles. The minimum Gasteiger partial charge on any atom is -0.355 e. The molecular formula is C22H25ClN4OS. The summed E-state index contributed by atoms with van der Waals surface area (Å²) >= 11 is 7.62. The first-order valence-corrected chi connectivity index (χ1v) is 11.3. The van der Waals surface area contributed by atoms with Crippen molar-refractivity contribution in [1.82, 2.24) is 20.1 Å².